The minimum atomic E-state index is -0.492. The predicted octanol–water partition coefficient (Wildman–Crippen LogP) is 7.04. The first-order valence-electron chi connectivity index (χ1n) is 10.1. The third-order valence-corrected chi connectivity index (χ3v) is 6.36. The molecule has 0 fully saturated rings. The Bertz CT molecular complexity index is 1210. The molecule has 0 aliphatic heterocycles. The molecule has 4 aromatic rings. The molecule has 0 saturated carbocycles. The molecular weight excluding hydrogens is 438 g/mol. The zero-order valence-electron chi connectivity index (χ0n) is 17.1. The molecule has 5 heteroatoms. The average molecular weight is 458 g/mol. The Labute approximate surface area is 196 Å². The van der Waals surface area contributed by atoms with Gasteiger partial charge in [0.15, 0.2) is 5.78 Å². The molecule has 0 aromatic heterocycles. The monoisotopic (exact) mass is 457 g/mol. The van der Waals surface area contributed by atoms with Gasteiger partial charge in [-0.2, -0.15) is 0 Å². The SMILES string of the molecule is O=C(c1ccccc1)c1cc(Cl)ccc1NC(=O)[C@H](Sc1ccccc1)c1ccccc1. The standard InChI is InChI=1S/C27H20ClNO2S/c28-21-16-17-24(23(18-21)25(30)19-10-4-1-5-11-19)29-27(31)26(20-12-6-2-7-13-20)32-22-14-8-3-9-15-22/h1-18,26H,(H,29,31)/t26-/m1/s1. The molecule has 0 radical (unpaired) electrons. The Balaban J connectivity index is 1.66. The van der Waals surface area contributed by atoms with Gasteiger partial charge in [-0.15, -0.1) is 11.8 Å². The number of thioether (sulfide) groups is 1. The molecule has 4 rings (SSSR count). The molecule has 0 aliphatic carbocycles. The van der Waals surface area contributed by atoms with E-state index < -0.39 is 5.25 Å². The highest BCUT2D eigenvalue weighted by Crippen LogP contribution is 2.36. The summed E-state index contributed by atoms with van der Waals surface area (Å²) in [6.07, 6.45) is 0. The Morgan fingerprint density at radius 3 is 2.00 bits per heavy atom. The zero-order chi connectivity index (χ0) is 22.3. The number of ketones is 1. The van der Waals surface area contributed by atoms with Gasteiger partial charge in [-0.05, 0) is 35.9 Å². The number of nitrogens with one attached hydrogen (secondary N) is 1. The van der Waals surface area contributed by atoms with Crippen molar-refractivity contribution in [3.8, 4) is 0 Å². The zero-order valence-corrected chi connectivity index (χ0v) is 18.6. The number of anilines is 1. The van der Waals surface area contributed by atoms with Crippen molar-refractivity contribution >= 4 is 40.7 Å². The van der Waals surface area contributed by atoms with Crippen LogP contribution in [0.5, 0.6) is 0 Å². The van der Waals surface area contributed by atoms with E-state index in [2.05, 4.69) is 5.32 Å². The van der Waals surface area contributed by atoms with Crippen molar-refractivity contribution in [1.29, 1.82) is 0 Å². The van der Waals surface area contributed by atoms with Crippen LogP contribution in [0.1, 0.15) is 26.7 Å². The lowest BCUT2D eigenvalue weighted by molar-refractivity contribution is -0.115. The highest BCUT2D eigenvalue weighted by atomic mass is 35.5. The van der Waals surface area contributed by atoms with Crippen LogP contribution in [-0.4, -0.2) is 11.7 Å². The summed E-state index contributed by atoms with van der Waals surface area (Å²) in [4.78, 5) is 27.5. The first kappa shape index (κ1) is 21.9. The largest absolute Gasteiger partial charge is 0.324 e. The number of carbonyl (C=O) groups excluding carboxylic acids is 2. The lowest BCUT2D eigenvalue weighted by Gasteiger charge is -2.18. The van der Waals surface area contributed by atoms with Crippen molar-refractivity contribution in [3.05, 3.63) is 131 Å². The Morgan fingerprint density at radius 2 is 1.34 bits per heavy atom. The molecule has 32 heavy (non-hydrogen) atoms. The quantitative estimate of drug-likeness (QED) is 0.239. The summed E-state index contributed by atoms with van der Waals surface area (Å²) in [7, 11) is 0. The minimum absolute atomic E-state index is 0.199. The molecule has 0 aliphatic rings. The third kappa shape index (κ3) is 5.28. The first-order chi connectivity index (χ1) is 15.6. The molecular formula is C27H20ClNO2S. The molecule has 3 nitrogen and oxygen atoms in total. The van der Waals surface area contributed by atoms with Crippen molar-refractivity contribution in [1.82, 2.24) is 0 Å². The van der Waals surface area contributed by atoms with Gasteiger partial charge < -0.3 is 5.32 Å². The van der Waals surface area contributed by atoms with E-state index in [1.807, 2.05) is 66.7 Å². The summed E-state index contributed by atoms with van der Waals surface area (Å²) in [6.45, 7) is 0. The van der Waals surface area contributed by atoms with Crippen LogP contribution in [0.25, 0.3) is 0 Å². The van der Waals surface area contributed by atoms with E-state index in [-0.39, 0.29) is 11.7 Å². The van der Waals surface area contributed by atoms with Crippen LogP contribution in [-0.2, 0) is 4.79 Å². The van der Waals surface area contributed by atoms with Crippen LogP contribution in [0.15, 0.2) is 114 Å². The highest BCUT2D eigenvalue weighted by molar-refractivity contribution is 8.00. The van der Waals surface area contributed by atoms with Gasteiger partial charge in [0.05, 0.1) is 5.69 Å². The second-order valence-electron chi connectivity index (χ2n) is 7.10. The van der Waals surface area contributed by atoms with E-state index in [9.17, 15) is 9.59 Å². The predicted molar refractivity (Wildman–Crippen MR) is 131 cm³/mol. The van der Waals surface area contributed by atoms with Crippen LogP contribution in [0, 0.1) is 0 Å². The fraction of sp³-hybridized carbons (Fsp3) is 0.0370. The van der Waals surface area contributed by atoms with Crippen LogP contribution in [0.2, 0.25) is 5.02 Å². The minimum Gasteiger partial charge on any atom is -0.324 e. The molecule has 0 bridgehead atoms. The Kier molecular flexibility index (Phi) is 7.05. The number of hydrogen-bond acceptors (Lipinski definition) is 3. The van der Waals surface area contributed by atoms with Crippen molar-refractivity contribution in [2.75, 3.05) is 5.32 Å². The van der Waals surface area contributed by atoms with Crippen molar-refractivity contribution in [2.45, 2.75) is 10.1 Å². The molecule has 1 N–H and O–H groups in total. The molecule has 158 valence electrons. The molecule has 1 atom stereocenters. The van der Waals surface area contributed by atoms with Crippen molar-refractivity contribution < 1.29 is 9.59 Å². The summed E-state index contributed by atoms with van der Waals surface area (Å²) in [5, 5.41) is 2.91. The van der Waals surface area contributed by atoms with Gasteiger partial charge >= 0.3 is 0 Å². The van der Waals surface area contributed by atoms with Gasteiger partial charge in [-0.3, -0.25) is 9.59 Å². The van der Waals surface area contributed by atoms with E-state index in [0.29, 0.717) is 21.8 Å². The van der Waals surface area contributed by atoms with Crippen LogP contribution >= 0.6 is 23.4 Å². The van der Waals surface area contributed by atoms with Gasteiger partial charge in [0, 0.05) is 21.0 Å². The maximum atomic E-state index is 13.4. The third-order valence-electron chi connectivity index (χ3n) is 4.86. The van der Waals surface area contributed by atoms with Crippen molar-refractivity contribution in [3.63, 3.8) is 0 Å². The molecule has 4 aromatic carbocycles. The lowest BCUT2D eigenvalue weighted by Crippen LogP contribution is -2.20. The summed E-state index contributed by atoms with van der Waals surface area (Å²) in [5.41, 5.74) is 2.20. The molecule has 0 heterocycles. The van der Waals surface area contributed by atoms with Crippen molar-refractivity contribution in [2.24, 2.45) is 0 Å². The van der Waals surface area contributed by atoms with E-state index in [1.165, 1.54) is 11.8 Å². The fourth-order valence-corrected chi connectivity index (χ4v) is 4.51. The molecule has 0 saturated heterocycles. The normalized spacial score (nSPS) is 11.5. The second kappa shape index (κ2) is 10.3. The van der Waals surface area contributed by atoms with Gasteiger partial charge in [-0.1, -0.05) is 90.5 Å². The van der Waals surface area contributed by atoms with Crippen LogP contribution in [0.4, 0.5) is 5.69 Å². The maximum absolute atomic E-state index is 13.4. The van der Waals surface area contributed by atoms with E-state index >= 15 is 0 Å². The maximum Gasteiger partial charge on any atom is 0.242 e. The van der Waals surface area contributed by atoms with E-state index in [0.717, 1.165) is 10.5 Å². The van der Waals surface area contributed by atoms with E-state index in [1.54, 1.807) is 42.5 Å². The Morgan fingerprint density at radius 1 is 0.750 bits per heavy atom. The number of benzene rings is 4. The number of halogens is 1. The number of carbonyl (C=O) groups is 2. The topological polar surface area (TPSA) is 46.2 Å². The highest BCUT2D eigenvalue weighted by Gasteiger charge is 2.24. The van der Waals surface area contributed by atoms with Gasteiger partial charge in [0.1, 0.15) is 5.25 Å². The Hall–Kier alpha value is -3.34. The van der Waals surface area contributed by atoms with Gasteiger partial charge in [0.25, 0.3) is 0 Å². The second-order valence-corrected chi connectivity index (χ2v) is 8.71. The first-order valence-corrected chi connectivity index (χ1v) is 11.3. The van der Waals surface area contributed by atoms with Gasteiger partial charge in [-0.25, -0.2) is 0 Å². The van der Waals surface area contributed by atoms with Crippen LogP contribution < -0.4 is 5.32 Å². The van der Waals surface area contributed by atoms with Crippen LogP contribution in [0.3, 0.4) is 0 Å². The summed E-state index contributed by atoms with van der Waals surface area (Å²) in [5.74, 6) is -0.412. The molecule has 1 amide bonds. The number of amides is 1. The lowest BCUT2D eigenvalue weighted by atomic mass is 10.0. The fourth-order valence-electron chi connectivity index (χ4n) is 3.29. The summed E-state index contributed by atoms with van der Waals surface area (Å²) >= 11 is 7.64. The number of hydrogen-bond donors (Lipinski definition) is 1. The summed E-state index contributed by atoms with van der Waals surface area (Å²) in [6, 6.07) is 33.2. The number of rotatable bonds is 7. The van der Waals surface area contributed by atoms with Gasteiger partial charge in [0.2, 0.25) is 5.91 Å². The summed E-state index contributed by atoms with van der Waals surface area (Å²) < 4.78 is 0. The smallest absolute Gasteiger partial charge is 0.242 e. The average Bonchev–Trinajstić information content (AvgIpc) is 2.85. The van der Waals surface area contributed by atoms with E-state index in [4.69, 9.17) is 11.6 Å². The molecule has 0 unspecified atom stereocenters. The molecule has 0 spiro atoms.